The molecule has 0 aromatic carbocycles. The Labute approximate surface area is 209 Å². The van der Waals surface area contributed by atoms with Gasteiger partial charge in [-0.05, 0) is 38.5 Å². The molecule has 0 heterocycles. The third-order valence-corrected chi connectivity index (χ3v) is 6.48. The normalized spacial score (nSPS) is 15.4. The SMILES string of the molecule is CCCCC/C=C\CCCCCCC(O)C(=O)NC(CO)C(O)C(O)CCCCCCCCC. The Balaban J connectivity index is 3.98. The number of allylic oxidation sites excluding steroid dienone is 2. The van der Waals surface area contributed by atoms with Crippen LogP contribution in [0.25, 0.3) is 0 Å². The fraction of sp³-hybridized carbons (Fsp3) is 0.893. The predicted octanol–water partition coefficient (Wildman–Crippen LogP) is 5.16. The van der Waals surface area contributed by atoms with E-state index < -0.39 is 36.9 Å². The van der Waals surface area contributed by atoms with E-state index in [0.717, 1.165) is 57.8 Å². The van der Waals surface area contributed by atoms with Crippen molar-refractivity contribution in [3.63, 3.8) is 0 Å². The number of carbonyl (C=O) groups is 1. The Bertz CT molecular complexity index is 485. The number of rotatable bonds is 24. The Hall–Kier alpha value is -0.950. The van der Waals surface area contributed by atoms with Gasteiger partial charge in [0.05, 0.1) is 18.8 Å². The third kappa shape index (κ3) is 18.4. The Morgan fingerprint density at radius 2 is 1.18 bits per heavy atom. The lowest BCUT2D eigenvalue weighted by atomic mass is 9.99. The first-order chi connectivity index (χ1) is 16.5. The molecule has 5 N–H and O–H groups in total. The van der Waals surface area contributed by atoms with Crippen molar-refractivity contribution in [2.45, 2.75) is 154 Å². The minimum Gasteiger partial charge on any atom is -0.394 e. The summed E-state index contributed by atoms with van der Waals surface area (Å²) in [5, 5.41) is 42.8. The van der Waals surface area contributed by atoms with E-state index in [1.54, 1.807) is 0 Å². The van der Waals surface area contributed by atoms with Gasteiger partial charge in [0, 0.05) is 0 Å². The van der Waals surface area contributed by atoms with Crippen molar-refractivity contribution in [1.29, 1.82) is 0 Å². The van der Waals surface area contributed by atoms with Gasteiger partial charge in [-0.15, -0.1) is 0 Å². The van der Waals surface area contributed by atoms with Crippen molar-refractivity contribution in [2.24, 2.45) is 0 Å². The van der Waals surface area contributed by atoms with Gasteiger partial charge in [0.2, 0.25) is 5.91 Å². The number of unbranched alkanes of at least 4 members (excludes halogenated alkanes) is 13. The van der Waals surface area contributed by atoms with Gasteiger partial charge in [0.25, 0.3) is 0 Å². The highest BCUT2D eigenvalue weighted by atomic mass is 16.3. The van der Waals surface area contributed by atoms with Crippen LogP contribution in [0.4, 0.5) is 0 Å². The fourth-order valence-electron chi connectivity index (χ4n) is 4.10. The van der Waals surface area contributed by atoms with Gasteiger partial charge in [-0.3, -0.25) is 4.79 Å². The van der Waals surface area contributed by atoms with Crippen LogP contribution in [0.5, 0.6) is 0 Å². The van der Waals surface area contributed by atoms with Crippen LogP contribution >= 0.6 is 0 Å². The molecule has 0 saturated heterocycles. The smallest absolute Gasteiger partial charge is 0.249 e. The van der Waals surface area contributed by atoms with E-state index in [2.05, 4.69) is 31.3 Å². The molecule has 0 radical (unpaired) electrons. The summed E-state index contributed by atoms with van der Waals surface area (Å²) in [5.41, 5.74) is 0. The Kier molecular flexibility index (Phi) is 23.1. The van der Waals surface area contributed by atoms with Gasteiger partial charge in [-0.25, -0.2) is 0 Å². The molecule has 0 aliphatic heterocycles. The summed E-state index contributed by atoms with van der Waals surface area (Å²) in [5.74, 6) is -0.601. The lowest BCUT2D eigenvalue weighted by Crippen LogP contribution is -2.53. The molecule has 0 bridgehead atoms. The van der Waals surface area contributed by atoms with Gasteiger partial charge in [-0.1, -0.05) is 103 Å². The van der Waals surface area contributed by atoms with Crippen molar-refractivity contribution in [3.8, 4) is 0 Å². The first kappa shape index (κ1) is 33.0. The summed E-state index contributed by atoms with van der Waals surface area (Å²) >= 11 is 0. The Morgan fingerprint density at radius 3 is 1.76 bits per heavy atom. The number of carbonyl (C=O) groups excluding carboxylic acids is 1. The van der Waals surface area contributed by atoms with Crippen molar-refractivity contribution < 1.29 is 25.2 Å². The molecule has 0 aliphatic carbocycles. The molecule has 1 amide bonds. The molecular weight excluding hydrogens is 430 g/mol. The van der Waals surface area contributed by atoms with E-state index in [1.807, 2.05) is 0 Å². The highest BCUT2D eigenvalue weighted by Gasteiger charge is 2.28. The number of hydrogen-bond acceptors (Lipinski definition) is 5. The molecule has 4 atom stereocenters. The number of aliphatic hydroxyl groups excluding tert-OH is 4. The second kappa shape index (κ2) is 23.8. The molecule has 0 aliphatic rings. The first-order valence-corrected chi connectivity index (χ1v) is 14.1. The van der Waals surface area contributed by atoms with E-state index >= 15 is 0 Å². The molecule has 34 heavy (non-hydrogen) atoms. The van der Waals surface area contributed by atoms with Gasteiger partial charge in [0.15, 0.2) is 0 Å². The minimum absolute atomic E-state index is 0.355. The van der Waals surface area contributed by atoms with Crippen LogP contribution in [0.2, 0.25) is 0 Å². The topological polar surface area (TPSA) is 110 Å². The molecule has 0 aromatic heterocycles. The predicted molar refractivity (Wildman–Crippen MR) is 141 cm³/mol. The molecule has 0 fully saturated rings. The summed E-state index contributed by atoms with van der Waals surface area (Å²) in [6, 6.07) is -0.981. The first-order valence-electron chi connectivity index (χ1n) is 14.1. The zero-order chi connectivity index (χ0) is 25.4. The van der Waals surface area contributed by atoms with E-state index in [9.17, 15) is 25.2 Å². The van der Waals surface area contributed by atoms with Crippen LogP contribution in [-0.4, -0.2) is 57.3 Å². The maximum Gasteiger partial charge on any atom is 0.249 e. The van der Waals surface area contributed by atoms with Gasteiger partial charge in [0.1, 0.15) is 12.2 Å². The summed E-state index contributed by atoms with van der Waals surface area (Å²) in [4.78, 5) is 12.3. The average Bonchev–Trinajstić information content (AvgIpc) is 2.84. The van der Waals surface area contributed by atoms with Crippen LogP contribution < -0.4 is 5.32 Å². The van der Waals surface area contributed by atoms with E-state index in [0.29, 0.717) is 12.8 Å². The lowest BCUT2D eigenvalue weighted by molar-refractivity contribution is -0.132. The molecule has 6 nitrogen and oxygen atoms in total. The second-order valence-electron chi connectivity index (χ2n) is 9.74. The quantitative estimate of drug-likeness (QED) is 0.0957. The van der Waals surface area contributed by atoms with E-state index in [-0.39, 0.29) is 0 Å². The number of amides is 1. The van der Waals surface area contributed by atoms with Crippen molar-refractivity contribution in [2.75, 3.05) is 6.61 Å². The van der Waals surface area contributed by atoms with Crippen LogP contribution in [-0.2, 0) is 4.79 Å². The Morgan fingerprint density at radius 1 is 0.706 bits per heavy atom. The number of aliphatic hydroxyl groups is 4. The molecule has 0 aromatic rings. The molecule has 0 saturated carbocycles. The van der Waals surface area contributed by atoms with E-state index in [1.165, 1.54) is 44.9 Å². The largest absolute Gasteiger partial charge is 0.394 e. The zero-order valence-electron chi connectivity index (χ0n) is 22.1. The van der Waals surface area contributed by atoms with Crippen molar-refractivity contribution >= 4 is 5.91 Å². The summed E-state index contributed by atoms with van der Waals surface area (Å²) in [6.07, 6.45) is 19.6. The van der Waals surface area contributed by atoms with Crippen LogP contribution in [0, 0.1) is 0 Å². The summed E-state index contributed by atoms with van der Waals surface area (Å²) in [6.45, 7) is 3.91. The van der Waals surface area contributed by atoms with Crippen LogP contribution in [0.15, 0.2) is 12.2 Å². The van der Waals surface area contributed by atoms with Crippen molar-refractivity contribution in [1.82, 2.24) is 5.32 Å². The standard InChI is InChI=1S/C28H55NO5/c1-3-5-7-9-11-12-13-14-16-18-20-22-26(32)28(34)29-24(23-30)27(33)25(31)21-19-17-15-10-8-6-4-2/h11-12,24-27,30-33H,3-10,13-23H2,1-2H3,(H,29,34)/b12-11-. The minimum atomic E-state index is -1.25. The number of hydrogen-bond donors (Lipinski definition) is 5. The van der Waals surface area contributed by atoms with Gasteiger partial charge in [-0.2, -0.15) is 0 Å². The molecule has 0 rings (SSSR count). The zero-order valence-corrected chi connectivity index (χ0v) is 22.1. The number of nitrogens with one attached hydrogen (secondary N) is 1. The maximum absolute atomic E-state index is 12.3. The summed E-state index contributed by atoms with van der Waals surface area (Å²) in [7, 11) is 0. The van der Waals surface area contributed by atoms with Crippen LogP contribution in [0.3, 0.4) is 0 Å². The van der Waals surface area contributed by atoms with Gasteiger partial charge < -0.3 is 25.7 Å². The monoisotopic (exact) mass is 485 g/mol. The summed E-state index contributed by atoms with van der Waals surface area (Å²) < 4.78 is 0. The molecule has 202 valence electrons. The van der Waals surface area contributed by atoms with E-state index in [4.69, 9.17) is 0 Å². The molecule has 0 spiro atoms. The van der Waals surface area contributed by atoms with Crippen molar-refractivity contribution in [3.05, 3.63) is 12.2 Å². The fourth-order valence-corrected chi connectivity index (χ4v) is 4.10. The lowest BCUT2D eigenvalue weighted by Gasteiger charge is -2.27. The molecular formula is C28H55NO5. The van der Waals surface area contributed by atoms with Crippen LogP contribution in [0.1, 0.15) is 129 Å². The highest BCUT2D eigenvalue weighted by molar-refractivity contribution is 5.80. The molecule has 4 unspecified atom stereocenters. The molecule has 6 heteroatoms. The average molecular weight is 486 g/mol. The second-order valence-corrected chi connectivity index (χ2v) is 9.74. The highest BCUT2D eigenvalue weighted by Crippen LogP contribution is 2.14. The third-order valence-electron chi connectivity index (χ3n) is 6.48. The van der Waals surface area contributed by atoms with Gasteiger partial charge >= 0.3 is 0 Å². The maximum atomic E-state index is 12.3.